The van der Waals surface area contributed by atoms with Crippen molar-refractivity contribution in [1.82, 2.24) is 9.55 Å². The van der Waals surface area contributed by atoms with Gasteiger partial charge < -0.3 is 0 Å². The molecule has 0 fully saturated rings. The van der Waals surface area contributed by atoms with Crippen molar-refractivity contribution in [2.45, 2.75) is 51.1 Å². The summed E-state index contributed by atoms with van der Waals surface area (Å²) in [5.74, 6) is 0.991. The van der Waals surface area contributed by atoms with Crippen molar-refractivity contribution in [3.8, 4) is 5.69 Å². The quantitative estimate of drug-likeness (QED) is 0.354. The third kappa shape index (κ3) is 3.04. The number of fused-ring (bicyclic) bond motifs is 3. The largest absolute Gasteiger partial charge is 0.268 e. The molecule has 0 atom stereocenters. The lowest BCUT2D eigenvalue weighted by molar-refractivity contribution is 0.814. The smallest absolute Gasteiger partial charge is 0.267 e. The van der Waals surface area contributed by atoms with Gasteiger partial charge in [-0.05, 0) is 50.3 Å². The number of aryl methyl sites for hydroxylation is 3. The van der Waals surface area contributed by atoms with Crippen LogP contribution in [0.25, 0.3) is 15.9 Å². The van der Waals surface area contributed by atoms with E-state index in [0.717, 1.165) is 58.9 Å². The Balaban J connectivity index is 1.92. The minimum absolute atomic E-state index is 0.104. The first-order chi connectivity index (χ1) is 12.2. The summed E-state index contributed by atoms with van der Waals surface area (Å²) in [7, 11) is 0. The summed E-state index contributed by atoms with van der Waals surface area (Å²) in [4.78, 5) is 20.6. The molecule has 2 aromatic heterocycles. The molecule has 0 saturated heterocycles. The zero-order valence-electron chi connectivity index (χ0n) is 14.7. The second-order valence-corrected chi connectivity index (χ2v) is 8.76. The molecule has 3 aromatic rings. The summed E-state index contributed by atoms with van der Waals surface area (Å²) < 4.78 is 1.83. The SMILES string of the molecule is CCCCSc1nc2sc3c(c2c(=O)n1-c1ccc(C)cc1)CCC3. The Morgan fingerprint density at radius 2 is 2.04 bits per heavy atom. The Labute approximate surface area is 156 Å². The summed E-state index contributed by atoms with van der Waals surface area (Å²) in [6.45, 7) is 4.25. The van der Waals surface area contributed by atoms with Gasteiger partial charge in [0.15, 0.2) is 5.16 Å². The number of unbranched alkanes of at least 4 members (excludes halogenated alkanes) is 1. The minimum atomic E-state index is 0.104. The van der Waals surface area contributed by atoms with E-state index in [1.165, 1.54) is 16.0 Å². The molecule has 0 unspecified atom stereocenters. The van der Waals surface area contributed by atoms with E-state index < -0.39 is 0 Å². The lowest BCUT2D eigenvalue weighted by atomic mass is 10.2. The van der Waals surface area contributed by atoms with E-state index in [4.69, 9.17) is 4.98 Å². The molecular formula is C20H22N2OS2. The lowest BCUT2D eigenvalue weighted by Gasteiger charge is -2.12. The summed E-state index contributed by atoms with van der Waals surface area (Å²) >= 11 is 3.42. The van der Waals surface area contributed by atoms with E-state index in [2.05, 4.69) is 26.0 Å². The van der Waals surface area contributed by atoms with Gasteiger partial charge >= 0.3 is 0 Å². The zero-order chi connectivity index (χ0) is 17.4. The third-order valence-electron chi connectivity index (χ3n) is 4.73. The molecule has 2 heterocycles. The lowest BCUT2D eigenvalue weighted by Crippen LogP contribution is -2.22. The van der Waals surface area contributed by atoms with Crippen molar-refractivity contribution in [3.05, 3.63) is 50.6 Å². The Morgan fingerprint density at radius 1 is 1.24 bits per heavy atom. The molecule has 1 aliphatic carbocycles. The van der Waals surface area contributed by atoms with E-state index in [1.54, 1.807) is 23.1 Å². The average Bonchev–Trinajstić information content (AvgIpc) is 3.17. The summed E-state index contributed by atoms with van der Waals surface area (Å²) in [6.07, 6.45) is 5.56. The highest BCUT2D eigenvalue weighted by Crippen LogP contribution is 2.36. The highest BCUT2D eigenvalue weighted by molar-refractivity contribution is 7.99. The molecule has 0 amide bonds. The van der Waals surface area contributed by atoms with Gasteiger partial charge in [0.25, 0.3) is 5.56 Å². The Hall–Kier alpha value is -1.59. The van der Waals surface area contributed by atoms with Crippen LogP contribution in [0.5, 0.6) is 0 Å². The topological polar surface area (TPSA) is 34.9 Å². The number of thiophene rings is 1. The van der Waals surface area contributed by atoms with E-state index in [9.17, 15) is 4.79 Å². The summed E-state index contributed by atoms with van der Waals surface area (Å²) in [6, 6.07) is 8.18. The number of aromatic nitrogens is 2. The molecule has 4 rings (SSSR count). The van der Waals surface area contributed by atoms with Crippen molar-refractivity contribution in [3.63, 3.8) is 0 Å². The normalized spacial score (nSPS) is 13.5. The van der Waals surface area contributed by atoms with E-state index in [-0.39, 0.29) is 5.56 Å². The van der Waals surface area contributed by atoms with Crippen LogP contribution in [0.1, 0.15) is 42.2 Å². The van der Waals surface area contributed by atoms with Crippen LogP contribution >= 0.6 is 23.1 Å². The van der Waals surface area contributed by atoms with Crippen LogP contribution in [0.4, 0.5) is 0 Å². The molecular weight excluding hydrogens is 348 g/mol. The second-order valence-electron chi connectivity index (χ2n) is 6.61. The molecule has 0 aliphatic heterocycles. The number of rotatable bonds is 5. The maximum Gasteiger partial charge on any atom is 0.267 e. The van der Waals surface area contributed by atoms with Crippen molar-refractivity contribution in [1.29, 1.82) is 0 Å². The van der Waals surface area contributed by atoms with Crippen LogP contribution in [0, 0.1) is 6.92 Å². The maximum atomic E-state index is 13.4. The number of thioether (sulfide) groups is 1. The molecule has 130 valence electrons. The van der Waals surface area contributed by atoms with Gasteiger partial charge in [-0.2, -0.15) is 0 Å². The molecule has 5 heteroatoms. The predicted molar refractivity (Wildman–Crippen MR) is 108 cm³/mol. The zero-order valence-corrected chi connectivity index (χ0v) is 16.3. The van der Waals surface area contributed by atoms with Gasteiger partial charge in [-0.15, -0.1) is 11.3 Å². The molecule has 1 aliphatic rings. The van der Waals surface area contributed by atoms with Crippen LogP contribution in [0.3, 0.4) is 0 Å². The maximum absolute atomic E-state index is 13.4. The van der Waals surface area contributed by atoms with Crippen molar-refractivity contribution in [2.24, 2.45) is 0 Å². The minimum Gasteiger partial charge on any atom is -0.268 e. The molecule has 3 nitrogen and oxygen atoms in total. The Kier molecular flexibility index (Phi) is 4.69. The molecule has 1 aromatic carbocycles. The van der Waals surface area contributed by atoms with Crippen LogP contribution in [0.2, 0.25) is 0 Å². The highest BCUT2D eigenvalue weighted by Gasteiger charge is 2.23. The molecule has 0 N–H and O–H groups in total. The van der Waals surface area contributed by atoms with Gasteiger partial charge in [0.05, 0.1) is 11.1 Å². The Bertz CT molecular complexity index is 970. The van der Waals surface area contributed by atoms with Gasteiger partial charge in [0.1, 0.15) is 4.83 Å². The number of hydrogen-bond acceptors (Lipinski definition) is 4. The van der Waals surface area contributed by atoms with Gasteiger partial charge in [-0.25, -0.2) is 4.98 Å². The van der Waals surface area contributed by atoms with E-state index in [0.29, 0.717) is 0 Å². The van der Waals surface area contributed by atoms with Gasteiger partial charge in [0, 0.05) is 10.6 Å². The molecule has 0 bridgehead atoms. The van der Waals surface area contributed by atoms with Crippen LogP contribution in [0.15, 0.2) is 34.2 Å². The predicted octanol–water partition coefficient (Wildman–Crippen LogP) is 5.14. The number of benzene rings is 1. The fourth-order valence-electron chi connectivity index (χ4n) is 3.35. The molecule has 0 saturated carbocycles. The van der Waals surface area contributed by atoms with Crippen molar-refractivity contribution in [2.75, 3.05) is 5.75 Å². The van der Waals surface area contributed by atoms with Crippen LogP contribution < -0.4 is 5.56 Å². The second kappa shape index (κ2) is 6.96. The molecule has 0 spiro atoms. The first kappa shape index (κ1) is 16.9. The standard InChI is InChI=1S/C20H22N2OS2/c1-3-4-12-24-20-21-18-17(15-6-5-7-16(15)25-18)19(23)22(20)14-10-8-13(2)9-11-14/h8-11H,3-7,12H2,1-2H3. The summed E-state index contributed by atoms with van der Waals surface area (Å²) in [5.41, 5.74) is 3.47. The third-order valence-corrected chi connectivity index (χ3v) is 6.94. The monoisotopic (exact) mass is 370 g/mol. The van der Waals surface area contributed by atoms with Gasteiger partial charge in [-0.3, -0.25) is 9.36 Å². The number of hydrogen-bond donors (Lipinski definition) is 0. The Morgan fingerprint density at radius 3 is 2.80 bits per heavy atom. The average molecular weight is 371 g/mol. The van der Waals surface area contributed by atoms with Gasteiger partial charge in [-0.1, -0.05) is 42.8 Å². The molecule has 25 heavy (non-hydrogen) atoms. The highest BCUT2D eigenvalue weighted by atomic mass is 32.2. The first-order valence-electron chi connectivity index (χ1n) is 8.96. The fraction of sp³-hybridized carbons (Fsp3) is 0.400. The molecule has 0 radical (unpaired) electrons. The van der Waals surface area contributed by atoms with Crippen molar-refractivity contribution < 1.29 is 0 Å². The summed E-state index contributed by atoms with van der Waals surface area (Å²) in [5, 5.41) is 1.69. The van der Waals surface area contributed by atoms with E-state index in [1.807, 2.05) is 16.7 Å². The fourth-order valence-corrected chi connectivity index (χ4v) is 5.75. The van der Waals surface area contributed by atoms with Crippen LogP contribution in [-0.2, 0) is 12.8 Å². The number of nitrogens with zero attached hydrogens (tertiary/aromatic N) is 2. The van der Waals surface area contributed by atoms with E-state index >= 15 is 0 Å². The first-order valence-corrected chi connectivity index (χ1v) is 10.8. The van der Waals surface area contributed by atoms with Crippen LogP contribution in [-0.4, -0.2) is 15.3 Å². The van der Waals surface area contributed by atoms with Gasteiger partial charge in [0.2, 0.25) is 0 Å². The van der Waals surface area contributed by atoms with Crippen molar-refractivity contribution >= 4 is 33.3 Å².